The Morgan fingerprint density at radius 1 is 1.16 bits per heavy atom. The molecular weight excluding hydrogens is 387 g/mol. The van der Waals surface area contributed by atoms with Crippen LogP contribution in [0.25, 0.3) is 11.8 Å². The summed E-state index contributed by atoms with van der Waals surface area (Å²) < 4.78 is 15.3. The normalized spacial score (nSPS) is 23.4. The van der Waals surface area contributed by atoms with Gasteiger partial charge in [-0.1, -0.05) is 48.9 Å². The molecule has 0 fully saturated rings. The molecule has 0 amide bonds. The van der Waals surface area contributed by atoms with E-state index in [-0.39, 0.29) is 17.2 Å². The third kappa shape index (κ3) is 3.45. The molecule has 4 heteroatoms. The van der Waals surface area contributed by atoms with Crippen LogP contribution in [-0.2, 0) is 12.8 Å². The van der Waals surface area contributed by atoms with Gasteiger partial charge in [0, 0.05) is 5.41 Å². The standard InChI is InChI=1S/C27H27FN2O/c1-18-8-13-23(26(31)14-19-6-4-3-5-7-19)27(2)16-20-17-29-30(25(20)15-24(18)27)22-11-9-21(28)10-12-22/h3-12,15,17,23,26,31H,13-14,16H2,1-2H3/t23-,26+,27-/m1/s1. The zero-order valence-electron chi connectivity index (χ0n) is 17.9. The fourth-order valence-corrected chi connectivity index (χ4v) is 5.41. The minimum atomic E-state index is -0.422. The second kappa shape index (κ2) is 7.61. The topological polar surface area (TPSA) is 38.1 Å². The van der Waals surface area contributed by atoms with Crippen molar-refractivity contribution in [1.29, 1.82) is 0 Å². The lowest BCUT2D eigenvalue weighted by atomic mass is 9.58. The Labute approximate surface area is 182 Å². The van der Waals surface area contributed by atoms with Crippen molar-refractivity contribution in [2.24, 2.45) is 11.3 Å². The van der Waals surface area contributed by atoms with Crippen LogP contribution in [0.3, 0.4) is 0 Å². The van der Waals surface area contributed by atoms with Gasteiger partial charge in [0.05, 0.1) is 23.7 Å². The van der Waals surface area contributed by atoms with Crippen LogP contribution in [0.5, 0.6) is 0 Å². The predicted molar refractivity (Wildman–Crippen MR) is 121 cm³/mol. The van der Waals surface area contributed by atoms with Gasteiger partial charge in [0.2, 0.25) is 0 Å². The Hall–Kier alpha value is -2.98. The molecule has 0 radical (unpaired) electrons. The number of aromatic nitrogens is 2. The first-order chi connectivity index (χ1) is 15.0. The van der Waals surface area contributed by atoms with Gasteiger partial charge in [0.1, 0.15) is 5.82 Å². The summed E-state index contributed by atoms with van der Waals surface area (Å²) in [5.74, 6) is -0.123. The Bertz CT molecular complexity index is 1160. The maximum Gasteiger partial charge on any atom is 0.123 e. The number of aliphatic hydroxyl groups is 1. The number of fused-ring (bicyclic) bond motifs is 2. The van der Waals surface area contributed by atoms with E-state index in [1.807, 2.05) is 29.1 Å². The van der Waals surface area contributed by atoms with E-state index in [4.69, 9.17) is 0 Å². The number of allylic oxidation sites excluding steroid dienone is 3. The first-order valence-electron chi connectivity index (χ1n) is 10.9. The summed E-state index contributed by atoms with van der Waals surface area (Å²) in [5, 5.41) is 15.9. The van der Waals surface area contributed by atoms with Crippen LogP contribution in [0.2, 0.25) is 0 Å². The van der Waals surface area contributed by atoms with E-state index < -0.39 is 6.10 Å². The molecule has 3 aromatic rings. The Balaban J connectivity index is 1.51. The minimum absolute atomic E-state index is 0.130. The van der Waals surface area contributed by atoms with Crippen LogP contribution >= 0.6 is 0 Å². The predicted octanol–water partition coefficient (Wildman–Crippen LogP) is 5.53. The summed E-state index contributed by atoms with van der Waals surface area (Å²) in [6, 6.07) is 16.7. The van der Waals surface area contributed by atoms with Gasteiger partial charge in [-0.05, 0) is 79.1 Å². The van der Waals surface area contributed by atoms with E-state index in [2.05, 4.69) is 43.2 Å². The average Bonchev–Trinajstić information content (AvgIpc) is 3.16. The molecule has 0 bridgehead atoms. The van der Waals surface area contributed by atoms with Gasteiger partial charge >= 0.3 is 0 Å². The van der Waals surface area contributed by atoms with Gasteiger partial charge in [0.25, 0.3) is 0 Å². The zero-order valence-corrected chi connectivity index (χ0v) is 17.9. The largest absolute Gasteiger partial charge is 0.392 e. The monoisotopic (exact) mass is 414 g/mol. The summed E-state index contributed by atoms with van der Waals surface area (Å²) in [6.07, 6.45) is 8.34. The summed E-state index contributed by atoms with van der Waals surface area (Å²) >= 11 is 0. The molecule has 2 aromatic carbocycles. The van der Waals surface area contributed by atoms with Crippen LogP contribution in [0.4, 0.5) is 4.39 Å². The van der Waals surface area contributed by atoms with Crippen molar-refractivity contribution in [2.45, 2.75) is 39.2 Å². The van der Waals surface area contributed by atoms with Crippen molar-refractivity contribution >= 4 is 6.08 Å². The number of hydrogen-bond acceptors (Lipinski definition) is 2. The Morgan fingerprint density at radius 2 is 1.90 bits per heavy atom. The van der Waals surface area contributed by atoms with Crippen molar-refractivity contribution in [2.75, 3.05) is 0 Å². The van der Waals surface area contributed by atoms with Crippen molar-refractivity contribution < 1.29 is 9.50 Å². The molecule has 1 heterocycles. The molecule has 2 aliphatic rings. The highest BCUT2D eigenvalue weighted by molar-refractivity contribution is 5.66. The molecular formula is C27H27FN2O. The Morgan fingerprint density at radius 3 is 2.65 bits per heavy atom. The maximum absolute atomic E-state index is 13.4. The molecule has 3 atom stereocenters. The smallest absolute Gasteiger partial charge is 0.123 e. The van der Waals surface area contributed by atoms with Gasteiger partial charge in [-0.3, -0.25) is 0 Å². The third-order valence-corrected chi connectivity index (χ3v) is 7.08. The van der Waals surface area contributed by atoms with Crippen LogP contribution in [-0.4, -0.2) is 21.0 Å². The molecule has 2 aliphatic carbocycles. The highest BCUT2D eigenvalue weighted by atomic mass is 19.1. The van der Waals surface area contributed by atoms with Gasteiger partial charge in [-0.15, -0.1) is 0 Å². The average molecular weight is 415 g/mol. The molecule has 158 valence electrons. The molecule has 0 unspecified atom stereocenters. The molecule has 1 aromatic heterocycles. The van der Waals surface area contributed by atoms with Crippen molar-refractivity contribution in [3.8, 4) is 5.69 Å². The van der Waals surface area contributed by atoms with Crippen LogP contribution in [0, 0.1) is 17.2 Å². The van der Waals surface area contributed by atoms with Crippen LogP contribution in [0.15, 0.2) is 78.0 Å². The van der Waals surface area contributed by atoms with E-state index in [1.165, 1.54) is 28.8 Å². The number of rotatable bonds is 4. The molecule has 0 spiro atoms. The summed E-state index contributed by atoms with van der Waals surface area (Å²) in [5.41, 5.74) is 6.61. The molecule has 31 heavy (non-hydrogen) atoms. The first-order valence-corrected chi connectivity index (χ1v) is 10.9. The summed E-state index contributed by atoms with van der Waals surface area (Å²) in [4.78, 5) is 0. The SMILES string of the molecule is CC1=CC[C@H]([C@@H](O)Cc2ccccc2)[C@@]2(C)Cc3cnn(-c4ccc(F)cc4)c3C=C12. The van der Waals surface area contributed by atoms with E-state index in [1.54, 1.807) is 12.1 Å². The van der Waals surface area contributed by atoms with Gasteiger partial charge in [-0.25, -0.2) is 9.07 Å². The quantitative estimate of drug-likeness (QED) is 0.610. The zero-order chi connectivity index (χ0) is 21.6. The second-order valence-electron chi connectivity index (χ2n) is 9.08. The van der Waals surface area contributed by atoms with E-state index in [0.29, 0.717) is 6.42 Å². The lowest BCUT2D eigenvalue weighted by Crippen LogP contribution is -2.43. The Kier molecular flexibility index (Phi) is 4.90. The number of halogens is 1. The van der Waals surface area contributed by atoms with E-state index in [9.17, 15) is 9.50 Å². The lowest BCUT2D eigenvalue weighted by Gasteiger charge is -2.47. The molecule has 0 aliphatic heterocycles. The third-order valence-electron chi connectivity index (χ3n) is 7.08. The molecule has 0 saturated carbocycles. The highest BCUT2D eigenvalue weighted by Crippen LogP contribution is 2.52. The van der Waals surface area contributed by atoms with Crippen molar-refractivity contribution in [1.82, 2.24) is 9.78 Å². The van der Waals surface area contributed by atoms with Crippen LogP contribution < -0.4 is 0 Å². The fraction of sp³-hybridized carbons (Fsp3) is 0.296. The number of hydrogen-bond donors (Lipinski definition) is 1. The highest BCUT2D eigenvalue weighted by Gasteiger charge is 2.46. The van der Waals surface area contributed by atoms with Gasteiger partial charge in [-0.2, -0.15) is 5.10 Å². The van der Waals surface area contributed by atoms with Crippen LogP contribution in [0.1, 0.15) is 37.1 Å². The van der Waals surface area contributed by atoms with Crippen molar-refractivity contribution in [3.05, 3.63) is 101 Å². The molecule has 5 rings (SSSR count). The molecule has 1 N–H and O–H groups in total. The maximum atomic E-state index is 13.4. The fourth-order valence-electron chi connectivity index (χ4n) is 5.41. The van der Waals surface area contributed by atoms with Crippen molar-refractivity contribution in [3.63, 3.8) is 0 Å². The lowest BCUT2D eigenvalue weighted by molar-refractivity contribution is 0.0416. The second-order valence-corrected chi connectivity index (χ2v) is 9.08. The number of aliphatic hydroxyl groups excluding tert-OH is 1. The summed E-state index contributed by atoms with van der Waals surface area (Å²) in [6.45, 7) is 4.44. The number of benzene rings is 2. The molecule has 0 saturated heterocycles. The van der Waals surface area contributed by atoms with Gasteiger partial charge in [0.15, 0.2) is 0 Å². The van der Waals surface area contributed by atoms with Gasteiger partial charge < -0.3 is 5.11 Å². The van der Waals surface area contributed by atoms with E-state index >= 15 is 0 Å². The minimum Gasteiger partial charge on any atom is -0.392 e. The first kappa shape index (κ1) is 20.0. The van der Waals surface area contributed by atoms with E-state index in [0.717, 1.165) is 29.8 Å². The number of nitrogens with zero attached hydrogens (tertiary/aromatic N) is 2. The molecule has 3 nitrogen and oxygen atoms in total. The summed E-state index contributed by atoms with van der Waals surface area (Å²) in [7, 11) is 0.